The third-order valence-electron chi connectivity index (χ3n) is 5.25. The van der Waals surface area contributed by atoms with Crippen molar-refractivity contribution in [2.45, 2.75) is 6.92 Å². The minimum Gasteiger partial charge on any atom is -0.397 e. The molecule has 0 aliphatic rings. The van der Waals surface area contributed by atoms with E-state index >= 15 is 0 Å². The van der Waals surface area contributed by atoms with E-state index in [0.29, 0.717) is 22.6 Å². The second-order valence-corrected chi connectivity index (χ2v) is 8.16. The summed E-state index contributed by atoms with van der Waals surface area (Å²) in [6.07, 6.45) is 3.01. The van der Waals surface area contributed by atoms with E-state index in [1.807, 2.05) is 0 Å². The van der Waals surface area contributed by atoms with Crippen molar-refractivity contribution in [3.63, 3.8) is 0 Å². The number of pyridine rings is 2. The van der Waals surface area contributed by atoms with Crippen molar-refractivity contribution in [3.05, 3.63) is 77.6 Å². The van der Waals surface area contributed by atoms with Crippen LogP contribution < -0.4 is 16.8 Å². The molecule has 4 rings (SSSR count). The minimum absolute atomic E-state index is 0.0609. The molecule has 5 N–H and O–H groups in total. The Bertz CT molecular complexity index is 1470. The molecule has 3 heterocycles. The Hall–Kier alpha value is -4.93. The van der Waals surface area contributed by atoms with Crippen molar-refractivity contribution < 1.29 is 14.0 Å². The molecule has 10 nitrogen and oxygen atoms in total. The maximum atomic E-state index is 14.7. The van der Waals surface area contributed by atoms with Gasteiger partial charge in [0.1, 0.15) is 5.82 Å². The second kappa shape index (κ2) is 9.74. The van der Waals surface area contributed by atoms with Crippen LogP contribution in [0.1, 0.15) is 26.5 Å². The van der Waals surface area contributed by atoms with E-state index in [4.69, 9.17) is 11.5 Å². The van der Waals surface area contributed by atoms with Gasteiger partial charge in [0.15, 0.2) is 5.69 Å². The van der Waals surface area contributed by atoms with E-state index in [2.05, 4.69) is 25.3 Å². The molecule has 0 saturated heterocycles. The molecule has 0 bridgehead atoms. The highest BCUT2D eigenvalue weighted by Gasteiger charge is 2.19. The first kappa shape index (κ1) is 24.2. The Labute approximate surface area is 206 Å². The molecule has 0 aliphatic heterocycles. The first-order valence-corrected chi connectivity index (χ1v) is 10.8. The zero-order valence-corrected chi connectivity index (χ0v) is 19.8. The number of amides is 2. The smallest absolute Gasteiger partial charge is 0.276 e. The first-order chi connectivity index (χ1) is 17.1. The number of anilines is 3. The van der Waals surface area contributed by atoms with Crippen LogP contribution in [0.2, 0.25) is 0 Å². The maximum Gasteiger partial charge on any atom is 0.276 e. The fraction of sp³-hybridized carbons (Fsp3) is 0.120. The summed E-state index contributed by atoms with van der Waals surface area (Å²) in [6, 6.07) is 10.3. The van der Waals surface area contributed by atoms with Crippen LogP contribution in [0.3, 0.4) is 0 Å². The van der Waals surface area contributed by atoms with E-state index < -0.39 is 11.7 Å². The number of halogens is 1. The van der Waals surface area contributed by atoms with Crippen molar-refractivity contribution in [1.82, 2.24) is 24.8 Å². The van der Waals surface area contributed by atoms with Crippen LogP contribution in [0.25, 0.3) is 22.5 Å². The van der Waals surface area contributed by atoms with Gasteiger partial charge in [0.05, 0.1) is 29.0 Å². The van der Waals surface area contributed by atoms with Crippen molar-refractivity contribution in [2.75, 3.05) is 30.9 Å². The number of benzene rings is 1. The monoisotopic (exact) mass is 486 g/mol. The minimum atomic E-state index is -0.636. The molecule has 182 valence electrons. The normalized spacial score (nSPS) is 10.7. The summed E-state index contributed by atoms with van der Waals surface area (Å²) in [6.45, 7) is 1.78. The van der Waals surface area contributed by atoms with Gasteiger partial charge in [0.25, 0.3) is 11.8 Å². The lowest BCUT2D eigenvalue weighted by Gasteiger charge is -2.14. The number of nitrogens with two attached hydrogens (primary N) is 2. The van der Waals surface area contributed by atoms with Gasteiger partial charge in [-0.1, -0.05) is 0 Å². The van der Waals surface area contributed by atoms with Gasteiger partial charge in [-0.05, 0) is 49.4 Å². The summed E-state index contributed by atoms with van der Waals surface area (Å²) in [7, 11) is 3.19. The van der Waals surface area contributed by atoms with Gasteiger partial charge in [-0.2, -0.15) is 0 Å². The summed E-state index contributed by atoms with van der Waals surface area (Å²) in [5.74, 6) is -1.44. The number of aromatic nitrogens is 4. The van der Waals surface area contributed by atoms with Gasteiger partial charge in [-0.25, -0.2) is 19.3 Å². The fourth-order valence-electron chi connectivity index (χ4n) is 3.54. The standard InChI is InChI=1S/C25H23FN8O2/c1-13-10-20(33-25(28)30-13)15-8-9-29-12-21(15)32-23(35)22-18(27)6-7-19(31-22)16-11-14(4-5-17(16)26)24(36)34(2)3/h4-12H,27H2,1-3H3,(H,32,35)(H2,28,30,33). The predicted molar refractivity (Wildman–Crippen MR) is 134 cm³/mol. The number of carbonyl (C=O) groups is 2. The third kappa shape index (κ3) is 4.94. The molecule has 0 unspecified atom stereocenters. The average Bonchev–Trinajstić information content (AvgIpc) is 2.84. The van der Waals surface area contributed by atoms with Crippen LogP contribution in [0.4, 0.5) is 21.7 Å². The zero-order chi connectivity index (χ0) is 26.0. The van der Waals surface area contributed by atoms with E-state index in [1.165, 1.54) is 41.4 Å². The predicted octanol–water partition coefficient (Wildman–Crippen LogP) is 3.17. The Morgan fingerprint density at radius 2 is 1.72 bits per heavy atom. The number of hydrogen-bond donors (Lipinski definition) is 3. The van der Waals surface area contributed by atoms with Crippen molar-refractivity contribution in [3.8, 4) is 22.5 Å². The topological polar surface area (TPSA) is 153 Å². The highest BCUT2D eigenvalue weighted by Crippen LogP contribution is 2.28. The third-order valence-corrected chi connectivity index (χ3v) is 5.25. The number of nitrogens with one attached hydrogen (secondary N) is 1. The molecule has 2 amide bonds. The Kier molecular flexibility index (Phi) is 6.55. The Morgan fingerprint density at radius 3 is 2.44 bits per heavy atom. The molecule has 11 heteroatoms. The van der Waals surface area contributed by atoms with Gasteiger partial charge in [0.2, 0.25) is 5.95 Å². The lowest BCUT2D eigenvalue weighted by atomic mass is 10.0. The molecule has 0 radical (unpaired) electrons. The quantitative estimate of drug-likeness (QED) is 0.389. The molecule has 3 aromatic heterocycles. The average molecular weight is 487 g/mol. The van der Waals surface area contributed by atoms with Crippen molar-refractivity contribution in [1.29, 1.82) is 0 Å². The van der Waals surface area contributed by atoms with E-state index in [9.17, 15) is 14.0 Å². The lowest BCUT2D eigenvalue weighted by molar-refractivity contribution is 0.0827. The summed E-state index contributed by atoms with van der Waals surface area (Å²) in [4.78, 5) is 43.6. The molecule has 1 aromatic carbocycles. The van der Waals surface area contributed by atoms with Crippen molar-refractivity contribution >= 4 is 29.1 Å². The van der Waals surface area contributed by atoms with Crippen LogP contribution >= 0.6 is 0 Å². The van der Waals surface area contributed by atoms with E-state index in [1.54, 1.807) is 39.3 Å². The number of nitrogen functional groups attached to an aromatic ring is 2. The van der Waals surface area contributed by atoms with Crippen LogP contribution in [-0.4, -0.2) is 50.7 Å². The Morgan fingerprint density at radius 1 is 0.944 bits per heavy atom. The summed E-state index contributed by atoms with van der Waals surface area (Å²) in [5, 5.41) is 2.74. The number of nitrogens with zero attached hydrogens (tertiary/aromatic N) is 5. The maximum absolute atomic E-state index is 14.7. The first-order valence-electron chi connectivity index (χ1n) is 10.8. The van der Waals surface area contributed by atoms with Gasteiger partial charge in [-0.15, -0.1) is 0 Å². The largest absolute Gasteiger partial charge is 0.397 e. The number of rotatable bonds is 5. The molecular weight excluding hydrogens is 463 g/mol. The van der Waals surface area contributed by atoms with Gasteiger partial charge < -0.3 is 21.7 Å². The fourth-order valence-corrected chi connectivity index (χ4v) is 3.54. The molecule has 0 fully saturated rings. The Balaban J connectivity index is 1.70. The summed E-state index contributed by atoms with van der Waals surface area (Å²) >= 11 is 0. The van der Waals surface area contributed by atoms with Crippen LogP contribution in [0.5, 0.6) is 0 Å². The lowest BCUT2D eigenvalue weighted by Crippen LogP contribution is -2.21. The molecule has 0 spiro atoms. The molecule has 36 heavy (non-hydrogen) atoms. The number of carbonyl (C=O) groups excluding carboxylic acids is 2. The molecule has 0 aliphatic carbocycles. The second-order valence-electron chi connectivity index (χ2n) is 8.16. The van der Waals surface area contributed by atoms with Crippen molar-refractivity contribution in [2.24, 2.45) is 0 Å². The van der Waals surface area contributed by atoms with Gasteiger partial charge in [-0.3, -0.25) is 14.6 Å². The highest BCUT2D eigenvalue weighted by atomic mass is 19.1. The molecule has 4 aromatic rings. The van der Waals surface area contributed by atoms with E-state index in [-0.39, 0.29) is 40.1 Å². The van der Waals surface area contributed by atoms with E-state index in [0.717, 1.165) is 0 Å². The molecule has 0 atom stereocenters. The number of aryl methyl sites for hydroxylation is 1. The summed E-state index contributed by atoms with van der Waals surface area (Å²) < 4.78 is 14.7. The van der Waals surface area contributed by atoms with Crippen LogP contribution in [0, 0.1) is 12.7 Å². The summed E-state index contributed by atoms with van der Waals surface area (Å²) in [5.41, 5.74) is 14.3. The highest BCUT2D eigenvalue weighted by molar-refractivity contribution is 6.08. The van der Waals surface area contributed by atoms with Gasteiger partial charge in [0, 0.05) is 42.7 Å². The molecule has 0 saturated carbocycles. The zero-order valence-electron chi connectivity index (χ0n) is 19.8. The van der Waals surface area contributed by atoms with Crippen LogP contribution in [0.15, 0.2) is 54.9 Å². The van der Waals surface area contributed by atoms with Crippen LogP contribution in [-0.2, 0) is 0 Å². The SMILES string of the molecule is Cc1cc(-c2ccncc2NC(=O)c2nc(-c3cc(C(=O)N(C)C)ccc3F)ccc2N)nc(N)n1. The van der Waals surface area contributed by atoms with Gasteiger partial charge >= 0.3 is 0 Å². The molecular formula is C25H23FN8O2. The number of hydrogen-bond acceptors (Lipinski definition) is 8.